The first-order chi connectivity index (χ1) is 33.7. The van der Waals surface area contributed by atoms with Crippen LogP contribution >= 0.6 is 0 Å². The van der Waals surface area contributed by atoms with E-state index in [2.05, 4.69) is 42.8 Å². The summed E-state index contributed by atoms with van der Waals surface area (Å²) in [6, 6.07) is 4.21. The highest BCUT2D eigenvalue weighted by atomic mass is 19.4. The molecule has 0 aromatic heterocycles. The normalized spacial score (nSPS) is 16.8. The molecule has 396 valence electrons. The van der Waals surface area contributed by atoms with Crippen molar-refractivity contribution in [2.75, 3.05) is 25.5 Å². The number of piperazine rings is 1. The summed E-state index contributed by atoms with van der Waals surface area (Å²) < 4.78 is 43.6. The molecule has 1 aliphatic rings. The molecule has 0 spiro atoms. The third-order valence-corrected chi connectivity index (χ3v) is 11.6. The van der Waals surface area contributed by atoms with Gasteiger partial charge in [-0.05, 0) is 47.4 Å². The summed E-state index contributed by atoms with van der Waals surface area (Å²) in [4.78, 5) is 134. The molecule has 22 nitrogen and oxygen atoms in total. The second-order valence-corrected chi connectivity index (χ2v) is 18.2. The highest BCUT2D eigenvalue weighted by Crippen LogP contribution is 2.25. The van der Waals surface area contributed by atoms with Gasteiger partial charge < -0.3 is 52.6 Å². The first-order valence-electron chi connectivity index (χ1n) is 23.2. The number of hydrazine groups is 1. The van der Waals surface area contributed by atoms with E-state index in [1.165, 1.54) is 12.0 Å². The monoisotopic (exact) mass is 1020 g/mol. The summed E-state index contributed by atoms with van der Waals surface area (Å²) in [5, 5.41) is 17.3. The number of rotatable bonds is 23. The molecule has 72 heavy (non-hydrogen) atoms. The van der Waals surface area contributed by atoms with Crippen LogP contribution in [0.1, 0.15) is 84.2 Å². The van der Waals surface area contributed by atoms with Crippen molar-refractivity contribution < 1.29 is 65.9 Å². The summed E-state index contributed by atoms with van der Waals surface area (Å²) in [5.74, 6) is -11.2. The minimum Gasteiger partial charge on any atom is -0.496 e. The fourth-order valence-electron chi connectivity index (χ4n) is 7.31. The lowest BCUT2D eigenvalue weighted by Gasteiger charge is -2.39. The van der Waals surface area contributed by atoms with Crippen LogP contribution < -0.4 is 58.5 Å². The molecule has 10 amide bonds. The molecule has 0 saturated carbocycles. The molecule has 2 aromatic rings. The number of hydrogen-bond acceptors (Lipinski definition) is 12. The third kappa shape index (κ3) is 16.7. The Morgan fingerprint density at radius 2 is 1.29 bits per heavy atom. The maximum Gasteiger partial charge on any atom is 0.471 e. The van der Waals surface area contributed by atoms with Crippen molar-refractivity contribution >= 4 is 64.8 Å². The van der Waals surface area contributed by atoms with E-state index in [0.717, 1.165) is 18.2 Å². The predicted octanol–water partition coefficient (Wildman–Crippen LogP) is 0.271. The molecule has 25 heteroatoms. The molecule has 3 rings (SSSR count). The van der Waals surface area contributed by atoms with Crippen molar-refractivity contribution in [1.82, 2.24) is 47.7 Å². The molecular weight excluding hydrogens is 952 g/mol. The molecule has 7 atom stereocenters. The Morgan fingerprint density at radius 3 is 1.83 bits per heavy atom. The summed E-state index contributed by atoms with van der Waals surface area (Å²) in [6.07, 6.45) is -5.46. The van der Waals surface area contributed by atoms with E-state index in [-0.39, 0.29) is 30.3 Å². The number of carbonyl (C=O) groups is 10. The van der Waals surface area contributed by atoms with Gasteiger partial charge in [-0.15, -0.1) is 0 Å². The Balaban J connectivity index is 1.76. The molecule has 0 bridgehead atoms. The lowest BCUT2D eigenvalue weighted by Crippen LogP contribution is -2.67. The molecule has 1 heterocycles. The number of benzene rings is 2. The van der Waals surface area contributed by atoms with Crippen molar-refractivity contribution in [2.24, 2.45) is 29.4 Å². The van der Waals surface area contributed by atoms with Crippen LogP contribution in [0.3, 0.4) is 0 Å². The van der Waals surface area contributed by atoms with Gasteiger partial charge in [-0.25, -0.2) is 0 Å². The van der Waals surface area contributed by atoms with E-state index in [4.69, 9.17) is 10.5 Å². The zero-order chi connectivity index (χ0) is 54.2. The largest absolute Gasteiger partial charge is 0.496 e. The first kappa shape index (κ1) is 59.0. The number of anilines is 1. The van der Waals surface area contributed by atoms with Crippen LogP contribution in [0.15, 0.2) is 48.5 Å². The fraction of sp³-hybridized carbons (Fsp3) is 0.532. The highest BCUT2D eigenvalue weighted by Gasteiger charge is 2.43. The molecule has 1 aliphatic heterocycles. The van der Waals surface area contributed by atoms with Gasteiger partial charge in [0.05, 0.1) is 25.6 Å². The maximum atomic E-state index is 14.2. The minimum atomic E-state index is -5.22. The van der Waals surface area contributed by atoms with Crippen molar-refractivity contribution in [3.8, 4) is 5.75 Å². The maximum absolute atomic E-state index is 14.2. The molecule has 1 saturated heterocycles. The van der Waals surface area contributed by atoms with Crippen molar-refractivity contribution in [3.05, 3.63) is 59.7 Å². The average molecular weight is 1020 g/mol. The number of alkyl halides is 3. The fourth-order valence-corrected chi connectivity index (χ4v) is 7.31. The number of nitrogens with one attached hydrogen (secondary N) is 9. The van der Waals surface area contributed by atoms with Crippen LogP contribution in [0, 0.1) is 23.7 Å². The second kappa shape index (κ2) is 26.8. The van der Waals surface area contributed by atoms with E-state index < -0.39 is 138 Å². The Kier molecular flexibility index (Phi) is 21.9. The molecular formula is C47H66F3N11O11. The number of nitrogens with two attached hydrogens (primary N) is 1. The van der Waals surface area contributed by atoms with Gasteiger partial charge in [0, 0.05) is 18.8 Å². The number of methoxy groups -OCH3 is 1. The lowest BCUT2D eigenvalue weighted by atomic mass is 9.95. The van der Waals surface area contributed by atoms with Gasteiger partial charge in [-0.2, -0.15) is 13.2 Å². The zero-order valence-electron chi connectivity index (χ0n) is 41.6. The molecule has 1 fully saturated rings. The van der Waals surface area contributed by atoms with E-state index in [1.807, 2.05) is 0 Å². The van der Waals surface area contributed by atoms with Gasteiger partial charge in [-0.3, -0.25) is 58.8 Å². The van der Waals surface area contributed by atoms with Gasteiger partial charge in [0.15, 0.2) is 0 Å². The van der Waals surface area contributed by atoms with Crippen LogP contribution in [0.2, 0.25) is 0 Å². The number of hydrogen-bond donors (Lipinski definition) is 10. The number of nitrogens with zero attached hydrogens (tertiary/aromatic N) is 1. The smallest absolute Gasteiger partial charge is 0.471 e. The van der Waals surface area contributed by atoms with Crippen LogP contribution in [0.5, 0.6) is 5.75 Å². The summed E-state index contributed by atoms with van der Waals surface area (Å²) >= 11 is 0. The molecule has 0 unspecified atom stereocenters. The molecule has 0 aliphatic carbocycles. The van der Waals surface area contributed by atoms with Gasteiger partial charge in [0.2, 0.25) is 41.4 Å². The van der Waals surface area contributed by atoms with Crippen LogP contribution in [-0.2, 0) is 49.7 Å². The van der Waals surface area contributed by atoms with E-state index in [1.54, 1.807) is 91.0 Å². The number of carbonyl (C=O) groups excluding carboxylic acids is 10. The standard InChI is InChI=1S/C47H66F3N11O11/c1-10-26(8)38(58-43(68)36(24(4)5)57-42(67)35(23(2)3)56-34(63)20-51)41(66)52-21-31-40(65)54-30(45(70)61(31)22-27-14-12-11-13-15-27)19-33(62)55-37(25(6)7)44(69)60-59-39(64)29-18-28(16-17-32(29)72-9)53-46(71)47(48,49)50/h11-18,23-26,30-31,35-38H,10,19-22,51H2,1-9H3,(H,52,66)(H,53,71)(H,54,65)(H,55,62)(H,56,63)(H,57,67)(H,58,68)(H,59,64)(H,60,69)/t26-,30-,31+,35-,36-,37-,38-/m0/s1. The topological polar surface area (TPSA) is 317 Å². The number of amides is 10. The van der Waals surface area contributed by atoms with Crippen LogP contribution in [0.25, 0.3) is 0 Å². The van der Waals surface area contributed by atoms with Crippen LogP contribution in [-0.4, -0.2) is 127 Å². The van der Waals surface area contributed by atoms with Crippen LogP contribution in [0.4, 0.5) is 18.9 Å². The Hall–Kier alpha value is -7.31. The Bertz CT molecular complexity index is 2300. The highest BCUT2D eigenvalue weighted by molar-refractivity contribution is 6.02. The summed E-state index contributed by atoms with van der Waals surface area (Å²) in [6.45, 7) is 12.5. The van der Waals surface area contributed by atoms with E-state index in [9.17, 15) is 61.1 Å². The third-order valence-electron chi connectivity index (χ3n) is 11.6. The van der Waals surface area contributed by atoms with Gasteiger partial charge in [-0.1, -0.05) is 92.1 Å². The van der Waals surface area contributed by atoms with E-state index >= 15 is 0 Å². The Labute approximate surface area is 414 Å². The molecule has 2 aromatic carbocycles. The first-order valence-corrected chi connectivity index (χ1v) is 23.2. The van der Waals surface area contributed by atoms with Gasteiger partial charge in [0.25, 0.3) is 11.8 Å². The lowest BCUT2D eigenvalue weighted by molar-refractivity contribution is -0.167. The SMILES string of the molecule is CC[C@H](C)[C@H](NC(=O)[C@@H](NC(=O)[C@@H](NC(=O)CN)C(C)C)C(C)C)C(=O)NC[C@@H]1C(=O)N[C@@H](CC(=O)N[C@H](C(=O)NNC(=O)c2cc(NC(=O)C(F)(F)F)ccc2OC)C(C)C)C(=O)N1Cc1ccccc1. The van der Waals surface area contributed by atoms with Crippen molar-refractivity contribution in [1.29, 1.82) is 0 Å². The average Bonchev–Trinajstić information content (AvgIpc) is 3.32. The van der Waals surface area contributed by atoms with Gasteiger partial charge in [0.1, 0.15) is 42.0 Å². The minimum absolute atomic E-state index is 0.127. The van der Waals surface area contributed by atoms with E-state index in [0.29, 0.717) is 12.0 Å². The molecule has 0 radical (unpaired) electrons. The predicted molar refractivity (Wildman–Crippen MR) is 254 cm³/mol. The summed E-state index contributed by atoms with van der Waals surface area (Å²) in [7, 11) is 1.17. The zero-order valence-corrected chi connectivity index (χ0v) is 41.6. The van der Waals surface area contributed by atoms with Crippen molar-refractivity contribution in [3.63, 3.8) is 0 Å². The van der Waals surface area contributed by atoms with Crippen molar-refractivity contribution in [2.45, 2.75) is 117 Å². The number of halogens is 3. The summed E-state index contributed by atoms with van der Waals surface area (Å²) in [5.41, 5.74) is 9.47. The second-order valence-electron chi connectivity index (χ2n) is 18.2. The number of ether oxygens (including phenoxy) is 1. The quantitative estimate of drug-likeness (QED) is 0.0672. The Morgan fingerprint density at radius 1 is 0.736 bits per heavy atom. The van der Waals surface area contributed by atoms with Gasteiger partial charge >= 0.3 is 12.1 Å². The molecule has 11 N–H and O–H groups in total.